The Morgan fingerprint density at radius 1 is 1.10 bits per heavy atom. The molecule has 0 atom stereocenters. The zero-order chi connectivity index (χ0) is 20.4. The number of carbonyl (C=O) groups is 1. The molecule has 2 aromatic heterocycles. The van der Waals surface area contributed by atoms with Gasteiger partial charge >= 0.3 is 5.97 Å². The molecule has 0 fully saturated rings. The van der Waals surface area contributed by atoms with Crippen LogP contribution in [0.3, 0.4) is 0 Å². The van der Waals surface area contributed by atoms with Crippen molar-refractivity contribution in [2.75, 3.05) is 11.9 Å². The van der Waals surface area contributed by atoms with Crippen molar-refractivity contribution in [3.05, 3.63) is 65.7 Å². The molecule has 0 aliphatic carbocycles. The Balaban J connectivity index is 1.89. The summed E-state index contributed by atoms with van der Waals surface area (Å²) >= 11 is 0. The Labute approximate surface area is 167 Å². The highest BCUT2D eigenvalue weighted by Gasteiger charge is 2.18. The quantitative estimate of drug-likeness (QED) is 0.490. The van der Waals surface area contributed by atoms with Gasteiger partial charge in [0.15, 0.2) is 0 Å². The van der Waals surface area contributed by atoms with Gasteiger partial charge in [-0.25, -0.2) is 4.79 Å². The smallest absolute Gasteiger partial charge is 0.341 e. The predicted octanol–water partition coefficient (Wildman–Crippen LogP) is 4.82. The molecular formula is C22H20N4O3. The summed E-state index contributed by atoms with van der Waals surface area (Å²) in [6, 6.07) is 13.5. The van der Waals surface area contributed by atoms with E-state index in [1.807, 2.05) is 49.4 Å². The molecular weight excluding hydrogens is 368 g/mol. The van der Waals surface area contributed by atoms with E-state index >= 15 is 0 Å². The number of hydrogen-bond donors (Lipinski definition) is 1. The van der Waals surface area contributed by atoms with E-state index in [0.717, 1.165) is 27.7 Å². The molecule has 0 amide bonds. The van der Waals surface area contributed by atoms with E-state index in [0.29, 0.717) is 23.0 Å². The van der Waals surface area contributed by atoms with Crippen LogP contribution < -0.4 is 5.32 Å². The third-order valence-corrected chi connectivity index (χ3v) is 4.46. The number of nitrogens with zero attached hydrogens (tertiary/aromatic N) is 3. The van der Waals surface area contributed by atoms with Gasteiger partial charge in [-0.05, 0) is 44.2 Å². The van der Waals surface area contributed by atoms with Crippen LogP contribution in [0.4, 0.5) is 11.4 Å². The first-order chi connectivity index (χ1) is 14.0. The number of benzene rings is 2. The summed E-state index contributed by atoms with van der Waals surface area (Å²) in [5, 5.41) is 12.1. The van der Waals surface area contributed by atoms with Crippen LogP contribution in [0, 0.1) is 13.8 Å². The molecule has 0 spiro atoms. The maximum absolute atomic E-state index is 12.6. The molecule has 0 saturated heterocycles. The van der Waals surface area contributed by atoms with Gasteiger partial charge < -0.3 is 14.5 Å². The number of fused-ring (bicyclic) bond motifs is 1. The molecule has 0 saturated carbocycles. The molecule has 0 radical (unpaired) electrons. The Morgan fingerprint density at radius 3 is 2.59 bits per heavy atom. The van der Waals surface area contributed by atoms with Gasteiger partial charge in [-0.2, -0.15) is 0 Å². The summed E-state index contributed by atoms with van der Waals surface area (Å²) in [4.78, 5) is 17.0. The summed E-state index contributed by atoms with van der Waals surface area (Å²) in [5.41, 5.74) is 4.46. The van der Waals surface area contributed by atoms with Crippen molar-refractivity contribution in [2.45, 2.75) is 20.8 Å². The number of carbonyl (C=O) groups excluding carboxylic acids is 1. The summed E-state index contributed by atoms with van der Waals surface area (Å²) < 4.78 is 10.8. The molecule has 1 N–H and O–H groups in total. The Kier molecular flexibility index (Phi) is 4.95. The molecule has 7 heteroatoms. The molecule has 146 valence electrons. The predicted molar refractivity (Wildman–Crippen MR) is 110 cm³/mol. The second-order valence-corrected chi connectivity index (χ2v) is 6.62. The van der Waals surface area contributed by atoms with Gasteiger partial charge in [-0.15, -0.1) is 10.2 Å². The first-order valence-electron chi connectivity index (χ1n) is 9.29. The number of esters is 1. The number of nitrogens with one attached hydrogen (secondary N) is 1. The molecule has 29 heavy (non-hydrogen) atoms. The fourth-order valence-electron chi connectivity index (χ4n) is 3.02. The topological polar surface area (TPSA) is 90.1 Å². The van der Waals surface area contributed by atoms with Crippen LogP contribution in [-0.2, 0) is 4.74 Å². The zero-order valence-corrected chi connectivity index (χ0v) is 16.4. The number of pyridine rings is 1. The summed E-state index contributed by atoms with van der Waals surface area (Å²) in [6.07, 6.45) is 1.54. The van der Waals surface area contributed by atoms with Crippen molar-refractivity contribution in [1.29, 1.82) is 0 Å². The number of anilines is 2. The molecule has 0 unspecified atom stereocenters. The van der Waals surface area contributed by atoms with E-state index < -0.39 is 5.97 Å². The van der Waals surface area contributed by atoms with Gasteiger partial charge in [0, 0.05) is 29.8 Å². The fraction of sp³-hybridized carbons (Fsp3) is 0.182. The number of aryl methyl sites for hydroxylation is 2. The van der Waals surface area contributed by atoms with E-state index in [1.165, 1.54) is 6.20 Å². The maximum Gasteiger partial charge on any atom is 0.341 e. The van der Waals surface area contributed by atoms with Crippen molar-refractivity contribution in [2.24, 2.45) is 0 Å². The largest absolute Gasteiger partial charge is 0.462 e. The second kappa shape index (κ2) is 7.71. The molecule has 0 aliphatic heterocycles. The highest BCUT2D eigenvalue weighted by molar-refractivity contribution is 6.06. The molecule has 4 rings (SSSR count). The van der Waals surface area contributed by atoms with E-state index in [2.05, 4.69) is 20.5 Å². The third kappa shape index (κ3) is 3.80. The lowest BCUT2D eigenvalue weighted by molar-refractivity contribution is 0.0527. The van der Waals surface area contributed by atoms with Crippen LogP contribution in [0.1, 0.15) is 28.7 Å². The van der Waals surface area contributed by atoms with Crippen molar-refractivity contribution in [1.82, 2.24) is 15.2 Å². The monoisotopic (exact) mass is 388 g/mol. The van der Waals surface area contributed by atoms with Crippen LogP contribution in [0.5, 0.6) is 0 Å². The Bertz CT molecular complexity index is 1180. The first-order valence-corrected chi connectivity index (χ1v) is 9.29. The van der Waals surface area contributed by atoms with Crippen molar-refractivity contribution in [3.63, 3.8) is 0 Å². The normalized spacial score (nSPS) is 10.9. The molecule has 7 nitrogen and oxygen atoms in total. The van der Waals surface area contributed by atoms with Crippen LogP contribution in [0.25, 0.3) is 22.4 Å². The summed E-state index contributed by atoms with van der Waals surface area (Å²) in [5.74, 6) is 0.458. The summed E-state index contributed by atoms with van der Waals surface area (Å²) in [6.45, 7) is 5.81. The van der Waals surface area contributed by atoms with E-state index in [1.54, 1.807) is 13.8 Å². The first kappa shape index (κ1) is 18.6. The Morgan fingerprint density at radius 2 is 1.90 bits per heavy atom. The van der Waals surface area contributed by atoms with Crippen molar-refractivity contribution >= 4 is 28.2 Å². The molecule has 0 aliphatic rings. The van der Waals surface area contributed by atoms with E-state index in [4.69, 9.17) is 9.15 Å². The van der Waals surface area contributed by atoms with Gasteiger partial charge in [-0.3, -0.25) is 4.98 Å². The van der Waals surface area contributed by atoms with Gasteiger partial charge in [0.2, 0.25) is 11.8 Å². The third-order valence-electron chi connectivity index (χ3n) is 4.46. The SMILES string of the molecule is CCOC(=O)c1cnc2ccc(-c3nnc(C)o3)cc2c1Nc1ccc(C)cc1. The highest BCUT2D eigenvalue weighted by Crippen LogP contribution is 2.32. The van der Waals surface area contributed by atoms with Crippen LogP contribution in [0.15, 0.2) is 53.1 Å². The van der Waals surface area contributed by atoms with Crippen LogP contribution >= 0.6 is 0 Å². The minimum absolute atomic E-state index is 0.280. The molecule has 4 aromatic rings. The van der Waals surface area contributed by atoms with Crippen molar-refractivity contribution < 1.29 is 13.9 Å². The van der Waals surface area contributed by atoms with Gasteiger partial charge in [0.25, 0.3) is 0 Å². The lowest BCUT2D eigenvalue weighted by atomic mass is 10.1. The highest BCUT2D eigenvalue weighted by atomic mass is 16.5. The average molecular weight is 388 g/mol. The zero-order valence-electron chi connectivity index (χ0n) is 16.4. The maximum atomic E-state index is 12.6. The lowest BCUT2D eigenvalue weighted by Crippen LogP contribution is -2.09. The van der Waals surface area contributed by atoms with E-state index in [-0.39, 0.29) is 6.61 Å². The van der Waals surface area contributed by atoms with Crippen LogP contribution in [0.2, 0.25) is 0 Å². The number of rotatable bonds is 5. The van der Waals surface area contributed by atoms with Gasteiger partial charge in [0.05, 0.1) is 17.8 Å². The molecule has 2 aromatic carbocycles. The number of hydrogen-bond acceptors (Lipinski definition) is 7. The fourth-order valence-corrected chi connectivity index (χ4v) is 3.02. The number of aromatic nitrogens is 3. The number of ether oxygens (including phenoxy) is 1. The minimum atomic E-state index is -0.435. The van der Waals surface area contributed by atoms with Gasteiger partial charge in [-0.1, -0.05) is 17.7 Å². The van der Waals surface area contributed by atoms with Crippen LogP contribution in [-0.4, -0.2) is 27.8 Å². The van der Waals surface area contributed by atoms with Crippen molar-refractivity contribution in [3.8, 4) is 11.5 Å². The van der Waals surface area contributed by atoms with E-state index in [9.17, 15) is 4.79 Å². The summed E-state index contributed by atoms with van der Waals surface area (Å²) in [7, 11) is 0. The molecule has 2 heterocycles. The standard InChI is InChI=1S/C22H20N4O3/c1-4-28-22(27)18-12-23-19-10-7-15(21-26-25-14(3)29-21)11-17(19)20(18)24-16-8-5-13(2)6-9-16/h5-12H,4H2,1-3H3,(H,23,24). The second-order valence-electron chi connectivity index (χ2n) is 6.62. The minimum Gasteiger partial charge on any atom is -0.462 e. The Hall–Kier alpha value is -3.74. The average Bonchev–Trinajstić information content (AvgIpc) is 3.16. The van der Waals surface area contributed by atoms with Gasteiger partial charge in [0.1, 0.15) is 5.56 Å². The molecule has 0 bridgehead atoms. The lowest BCUT2D eigenvalue weighted by Gasteiger charge is -2.15.